The van der Waals surface area contributed by atoms with Gasteiger partial charge < -0.3 is 19.9 Å². The summed E-state index contributed by atoms with van der Waals surface area (Å²) in [6.07, 6.45) is 3.50. The van der Waals surface area contributed by atoms with Crippen LogP contribution in [0.25, 0.3) is 0 Å². The number of hydrogen-bond acceptors (Lipinski definition) is 6. The maximum atomic E-state index is 11.9. The largest absolute Gasteiger partial charge is 0.459 e. The standard InChI is InChI=1S/C17H28N6O2/c1-5-18-15(21-13-14(24)25-17(2,3)4)22-9-11-23(12-10-22)16-19-7-6-8-20-16/h6-8H,5,9-13H2,1-4H3,(H,18,21). The van der Waals surface area contributed by atoms with E-state index >= 15 is 0 Å². The third kappa shape index (κ3) is 6.21. The number of guanidine groups is 1. The summed E-state index contributed by atoms with van der Waals surface area (Å²) in [5.74, 6) is 1.17. The molecule has 1 saturated heterocycles. The molecule has 0 atom stereocenters. The smallest absolute Gasteiger partial charge is 0.328 e. The average Bonchev–Trinajstić information content (AvgIpc) is 2.58. The molecule has 8 heteroatoms. The Morgan fingerprint density at radius 1 is 1.24 bits per heavy atom. The number of carbonyl (C=O) groups excluding carboxylic acids is 1. The molecule has 1 aliphatic rings. The predicted molar refractivity (Wildman–Crippen MR) is 97.6 cm³/mol. The van der Waals surface area contributed by atoms with E-state index in [2.05, 4.69) is 30.1 Å². The topological polar surface area (TPSA) is 83.0 Å². The molecule has 0 aliphatic carbocycles. The molecule has 0 saturated carbocycles. The van der Waals surface area contributed by atoms with Gasteiger partial charge >= 0.3 is 5.97 Å². The average molecular weight is 348 g/mol. The van der Waals surface area contributed by atoms with E-state index in [0.717, 1.165) is 44.6 Å². The molecular weight excluding hydrogens is 320 g/mol. The molecular formula is C17H28N6O2. The van der Waals surface area contributed by atoms with Gasteiger partial charge in [-0.2, -0.15) is 0 Å². The Labute approximate surface area is 149 Å². The van der Waals surface area contributed by atoms with Crippen molar-refractivity contribution in [3.63, 3.8) is 0 Å². The van der Waals surface area contributed by atoms with Crippen LogP contribution in [0.3, 0.4) is 0 Å². The van der Waals surface area contributed by atoms with Crippen LogP contribution < -0.4 is 10.2 Å². The van der Waals surface area contributed by atoms with E-state index in [0.29, 0.717) is 0 Å². The van der Waals surface area contributed by atoms with Crippen LogP contribution in [0, 0.1) is 0 Å². The molecule has 1 aromatic rings. The van der Waals surface area contributed by atoms with E-state index < -0.39 is 5.60 Å². The monoisotopic (exact) mass is 348 g/mol. The second-order valence-electron chi connectivity index (χ2n) is 6.78. The van der Waals surface area contributed by atoms with Crippen molar-refractivity contribution in [3.8, 4) is 0 Å². The normalized spacial score (nSPS) is 15.9. The molecule has 0 radical (unpaired) electrons. The third-order valence-electron chi connectivity index (χ3n) is 3.53. The van der Waals surface area contributed by atoms with Gasteiger partial charge in [-0.3, -0.25) is 4.79 Å². The molecule has 8 nitrogen and oxygen atoms in total. The van der Waals surface area contributed by atoms with Crippen molar-refractivity contribution in [2.24, 2.45) is 4.99 Å². The molecule has 0 unspecified atom stereocenters. The Hall–Kier alpha value is -2.38. The van der Waals surface area contributed by atoms with E-state index in [1.807, 2.05) is 33.8 Å². The van der Waals surface area contributed by atoms with E-state index in [9.17, 15) is 4.79 Å². The minimum Gasteiger partial charge on any atom is -0.459 e. The quantitative estimate of drug-likeness (QED) is 0.492. The lowest BCUT2D eigenvalue weighted by Crippen LogP contribution is -2.53. The van der Waals surface area contributed by atoms with Gasteiger partial charge in [-0.15, -0.1) is 0 Å². The van der Waals surface area contributed by atoms with Gasteiger partial charge in [-0.05, 0) is 33.8 Å². The number of ether oxygens (including phenoxy) is 1. The molecule has 25 heavy (non-hydrogen) atoms. The lowest BCUT2D eigenvalue weighted by molar-refractivity contribution is -0.152. The van der Waals surface area contributed by atoms with Crippen molar-refractivity contribution in [3.05, 3.63) is 18.5 Å². The summed E-state index contributed by atoms with van der Waals surface area (Å²) >= 11 is 0. The van der Waals surface area contributed by atoms with E-state index in [1.165, 1.54) is 0 Å². The Balaban J connectivity index is 1.92. The summed E-state index contributed by atoms with van der Waals surface area (Å²) in [5, 5.41) is 3.24. The first-order valence-corrected chi connectivity index (χ1v) is 8.66. The van der Waals surface area contributed by atoms with Crippen molar-refractivity contribution >= 4 is 17.9 Å². The zero-order chi connectivity index (χ0) is 18.3. The summed E-state index contributed by atoms with van der Waals surface area (Å²) in [7, 11) is 0. The second-order valence-corrected chi connectivity index (χ2v) is 6.78. The summed E-state index contributed by atoms with van der Waals surface area (Å²) in [6, 6.07) is 1.81. The number of nitrogens with one attached hydrogen (secondary N) is 1. The number of aromatic nitrogens is 2. The Morgan fingerprint density at radius 2 is 1.88 bits per heavy atom. The first-order chi connectivity index (χ1) is 11.9. The highest BCUT2D eigenvalue weighted by atomic mass is 16.6. The zero-order valence-corrected chi connectivity index (χ0v) is 15.5. The maximum Gasteiger partial charge on any atom is 0.328 e. The molecule has 1 aromatic heterocycles. The van der Waals surface area contributed by atoms with Gasteiger partial charge in [0, 0.05) is 45.1 Å². The first-order valence-electron chi connectivity index (χ1n) is 8.66. The summed E-state index contributed by atoms with van der Waals surface area (Å²) < 4.78 is 5.31. The molecule has 0 amide bonds. The van der Waals surface area contributed by atoms with E-state index in [-0.39, 0.29) is 12.5 Å². The van der Waals surface area contributed by atoms with Gasteiger partial charge in [-0.25, -0.2) is 15.0 Å². The van der Waals surface area contributed by atoms with Crippen LogP contribution in [0.1, 0.15) is 27.7 Å². The number of nitrogens with zero attached hydrogens (tertiary/aromatic N) is 5. The van der Waals surface area contributed by atoms with Crippen LogP contribution in [0.5, 0.6) is 0 Å². The van der Waals surface area contributed by atoms with Gasteiger partial charge in [0.15, 0.2) is 5.96 Å². The van der Waals surface area contributed by atoms with Crippen LogP contribution in [-0.4, -0.2) is 71.7 Å². The van der Waals surface area contributed by atoms with E-state index in [1.54, 1.807) is 12.4 Å². The predicted octanol–water partition coefficient (Wildman–Crippen LogP) is 0.906. The number of aliphatic imine (C=N–C) groups is 1. The summed E-state index contributed by atoms with van der Waals surface area (Å²) in [5.41, 5.74) is -0.494. The zero-order valence-electron chi connectivity index (χ0n) is 15.5. The van der Waals surface area contributed by atoms with Gasteiger partial charge in [-0.1, -0.05) is 0 Å². The van der Waals surface area contributed by atoms with Crippen molar-refractivity contribution in [2.75, 3.05) is 44.2 Å². The third-order valence-corrected chi connectivity index (χ3v) is 3.53. The molecule has 138 valence electrons. The number of rotatable bonds is 4. The van der Waals surface area contributed by atoms with Crippen LogP contribution in [0.4, 0.5) is 5.95 Å². The Morgan fingerprint density at radius 3 is 2.44 bits per heavy atom. The molecule has 1 aliphatic heterocycles. The fraction of sp³-hybridized carbons (Fsp3) is 0.647. The molecule has 0 spiro atoms. The van der Waals surface area contributed by atoms with Crippen LogP contribution >= 0.6 is 0 Å². The Kier molecular flexibility index (Phi) is 6.55. The molecule has 0 aromatic carbocycles. The van der Waals surface area contributed by atoms with Crippen LogP contribution in [-0.2, 0) is 9.53 Å². The van der Waals surface area contributed by atoms with Crippen molar-refractivity contribution < 1.29 is 9.53 Å². The minimum absolute atomic E-state index is 0.0155. The van der Waals surface area contributed by atoms with E-state index in [4.69, 9.17) is 4.74 Å². The lowest BCUT2D eigenvalue weighted by Gasteiger charge is -2.36. The molecule has 2 heterocycles. The fourth-order valence-corrected chi connectivity index (χ4v) is 2.51. The number of piperazine rings is 1. The number of anilines is 1. The summed E-state index contributed by atoms with van der Waals surface area (Å²) in [6.45, 7) is 11.5. The number of esters is 1. The minimum atomic E-state index is -0.494. The molecule has 1 fully saturated rings. The highest BCUT2D eigenvalue weighted by Crippen LogP contribution is 2.10. The molecule has 0 bridgehead atoms. The summed E-state index contributed by atoms with van der Waals surface area (Å²) in [4.78, 5) is 29.2. The van der Waals surface area contributed by atoms with Crippen LogP contribution in [0.2, 0.25) is 0 Å². The molecule has 2 rings (SSSR count). The van der Waals surface area contributed by atoms with Crippen LogP contribution in [0.15, 0.2) is 23.5 Å². The highest BCUT2D eigenvalue weighted by Gasteiger charge is 2.22. The number of carbonyl (C=O) groups is 1. The first kappa shape index (κ1) is 19.0. The SMILES string of the molecule is CCNC(=NCC(=O)OC(C)(C)C)N1CCN(c2ncccn2)CC1. The fourth-order valence-electron chi connectivity index (χ4n) is 2.51. The van der Waals surface area contributed by atoms with Crippen molar-refractivity contribution in [1.82, 2.24) is 20.2 Å². The van der Waals surface area contributed by atoms with Crippen molar-refractivity contribution in [2.45, 2.75) is 33.3 Å². The van der Waals surface area contributed by atoms with Crippen molar-refractivity contribution in [1.29, 1.82) is 0 Å². The van der Waals surface area contributed by atoms with Gasteiger partial charge in [0.1, 0.15) is 12.1 Å². The Bertz CT molecular complexity index is 577. The lowest BCUT2D eigenvalue weighted by atomic mass is 10.2. The van der Waals surface area contributed by atoms with Gasteiger partial charge in [0.25, 0.3) is 0 Å². The second kappa shape index (κ2) is 8.64. The highest BCUT2D eigenvalue weighted by molar-refractivity contribution is 5.83. The number of hydrogen-bond donors (Lipinski definition) is 1. The maximum absolute atomic E-state index is 11.9. The molecule has 1 N–H and O–H groups in total. The van der Waals surface area contributed by atoms with Gasteiger partial charge in [0.05, 0.1) is 0 Å². The van der Waals surface area contributed by atoms with Gasteiger partial charge in [0.2, 0.25) is 5.95 Å².